The molecule has 5 aliphatic heterocycles. The van der Waals surface area contributed by atoms with Crippen LogP contribution in [-0.4, -0.2) is 220 Å². The van der Waals surface area contributed by atoms with E-state index in [1.165, 1.54) is 80.7 Å². The third-order valence-electron chi connectivity index (χ3n) is 18.6. The molecule has 8 rings (SSSR count). The second-order valence-electron chi connectivity index (χ2n) is 26.8. The number of aromatic nitrogens is 1. The van der Waals surface area contributed by atoms with E-state index in [2.05, 4.69) is 31.6 Å². The van der Waals surface area contributed by atoms with Crippen molar-refractivity contribution in [2.75, 3.05) is 59.7 Å². The van der Waals surface area contributed by atoms with Crippen molar-refractivity contribution in [2.24, 2.45) is 23.7 Å². The van der Waals surface area contributed by atoms with Crippen LogP contribution in [0.5, 0.6) is 11.5 Å². The van der Waals surface area contributed by atoms with Crippen molar-refractivity contribution in [1.82, 2.24) is 55.7 Å². The van der Waals surface area contributed by atoms with Crippen molar-refractivity contribution < 1.29 is 76.2 Å². The molecule has 0 unspecified atom stereocenters. The minimum Gasteiger partial charge on any atom is -0.458 e. The van der Waals surface area contributed by atoms with Crippen LogP contribution in [-0.2, 0) is 63.8 Å². The first-order valence-corrected chi connectivity index (χ1v) is 32.5. The summed E-state index contributed by atoms with van der Waals surface area (Å²) in [5.41, 5.74) is -1.74. The van der Waals surface area contributed by atoms with Gasteiger partial charge in [-0.25, -0.2) is 19.4 Å². The number of anilines is 2. The number of hydrogen-bond donors (Lipinski definition) is 5. The topological polar surface area (TPSA) is 355 Å². The predicted molar refractivity (Wildman–Crippen MR) is 344 cm³/mol. The van der Waals surface area contributed by atoms with Gasteiger partial charge in [-0.05, 0) is 95.1 Å². The summed E-state index contributed by atoms with van der Waals surface area (Å²) in [4.78, 5) is 201. The SMILES string of the molecule is CCc1nc2c(C(=O)N[C@@H]3C(=O)N[C@H](C(C)C)C(=O)N4CCC[C@H]4C(=O)N(C)CC(=O)N(C)[C@@H](C(C)C)C(=O)O[C@@H]3C)c3c(c(C)c2oc1=O)Oc1c(C)ccc(C(=O)N[C@@H]2C(=O)N[C@H](C(C)C)C(=O)N4CCC[C@H]4C(=O)N(C)CC(=O)N(C)[C@@H](C(C)C)C(=O)O[C@@H]2C)c1N3. The Labute approximate surface area is 551 Å². The Hall–Kier alpha value is -9.18. The van der Waals surface area contributed by atoms with Crippen molar-refractivity contribution in [3.05, 3.63) is 50.5 Å². The summed E-state index contributed by atoms with van der Waals surface area (Å²) in [7, 11) is 5.62. The van der Waals surface area contributed by atoms with Crippen molar-refractivity contribution in [1.29, 1.82) is 0 Å². The summed E-state index contributed by atoms with van der Waals surface area (Å²) in [6, 6.07) is -7.76. The second kappa shape index (κ2) is 28.8. The average Bonchev–Trinajstić information content (AvgIpc) is 1.27. The van der Waals surface area contributed by atoms with E-state index in [0.29, 0.717) is 18.4 Å². The van der Waals surface area contributed by atoms with Crippen LogP contribution in [0.4, 0.5) is 11.4 Å². The number of rotatable bonds is 9. The van der Waals surface area contributed by atoms with Gasteiger partial charge in [0.25, 0.3) is 11.8 Å². The maximum atomic E-state index is 15.8. The van der Waals surface area contributed by atoms with Crippen LogP contribution < -0.4 is 36.9 Å². The lowest BCUT2D eigenvalue weighted by atomic mass is 9.98. The van der Waals surface area contributed by atoms with Crippen LogP contribution in [0.2, 0.25) is 0 Å². The van der Waals surface area contributed by atoms with Gasteiger partial charge in [0.2, 0.25) is 47.3 Å². The largest absolute Gasteiger partial charge is 0.458 e. The molecule has 0 spiro atoms. The zero-order valence-corrected chi connectivity index (χ0v) is 57.2. The molecule has 0 saturated carbocycles. The zero-order valence-electron chi connectivity index (χ0n) is 57.2. The molecule has 0 bridgehead atoms. The normalized spacial score (nSPS) is 25.7. The molecule has 6 heterocycles. The van der Waals surface area contributed by atoms with Gasteiger partial charge in [-0.1, -0.05) is 68.4 Å². The number of likely N-dealkylation sites (N-methyl/N-ethyl adjacent to an activating group) is 4. The van der Waals surface area contributed by atoms with Gasteiger partial charge in [0, 0.05) is 46.8 Å². The summed E-state index contributed by atoms with van der Waals surface area (Å²) in [5.74, 6) is -11.9. The van der Waals surface area contributed by atoms with Gasteiger partial charge in [0.1, 0.15) is 71.8 Å². The van der Waals surface area contributed by atoms with Crippen LogP contribution in [0.3, 0.4) is 0 Å². The van der Waals surface area contributed by atoms with E-state index in [1.54, 1.807) is 69.2 Å². The van der Waals surface area contributed by atoms with Gasteiger partial charge < -0.3 is 74.6 Å². The number of fused-ring (bicyclic) bond motifs is 5. The van der Waals surface area contributed by atoms with Crippen LogP contribution in [0.1, 0.15) is 139 Å². The highest BCUT2D eigenvalue weighted by atomic mass is 16.6. The Morgan fingerprint density at radius 3 is 1.49 bits per heavy atom. The first-order valence-electron chi connectivity index (χ1n) is 32.5. The minimum absolute atomic E-state index is 0.0123. The molecule has 0 aliphatic carbocycles. The maximum Gasteiger partial charge on any atom is 0.358 e. The molecule has 2 aromatic carbocycles. The van der Waals surface area contributed by atoms with E-state index in [0.717, 1.165) is 9.80 Å². The van der Waals surface area contributed by atoms with Crippen molar-refractivity contribution in [3.63, 3.8) is 0 Å². The summed E-state index contributed by atoms with van der Waals surface area (Å²) in [5, 5.41) is 14.2. The van der Waals surface area contributed by atoms with Gasteiger partial charge in [-0.2, -0.15) is 0 Å². The smallest absolute Gasteiger partial charge is 0.358 e. The third-order valence-corrected chi connectivity index (χ3v) is 18.6. The number of carbonyl (C=O) groups excluding carboxylic acids is 12. The van der Waals surface area contributed by atoms with Gasteiger partial charge >= 0.3 is 17.6 Å². The van der Waals surface area contributed by atoms with Crippen molar-refractivity contribution in [2.45, 2.75) is 183 Å². The van der Waals surface area contributed by atoms with Crippen molar-refractivity contribution in [3.8, 4) is 11.5 Å². The number of cyclic esters (lactones) is 2. The van der Waals surface area contributed by atoms with Gasteiger partial charge in [0.05, 0.1) is 35.6 Å². The highest BCUT2D eigenvalue weighted by Gasteiger charge is 2.47. The Balaban J connectivity index is 1.22. The standard InChI is InChI=1S/C66H90N12O17/c1-18-38-64(89)95-55-34(11)54-50(43(49(55)67-38)57(82)72-47-36(13)93-66(91)52(32(8)9)76(17)42(80)28-74(15)61(86)40-22-20-26-78(40)63(88)45(30(4)5)70-59(47)84)68-48-37(24-23-33(10)53(48)94-54)56(81)71-46-35(12)92-65(90)51(31(6)7)75(16)41(79)27-73(14)60(85)39-21-19-25-77(39)62(87)44(29(2)3)69-58(46)83/h23-24,29-32,35-36,39-40,44-47,51-52,68H,18-22,25-28H2,1-17H3,(H,69,83)(H,70,84)(H,71,81)(H,72,82)/t35-,36-,39+,40+,44-,45-,46+,47+,51+,52+/m1/s1. The maximum absolute atomic E-state index is 15.8. The molecule has 4 fully saturated rings. The monoisotopic (exact) mass is 1320 g/mol. The first kappa shape index (κ1) is 71.7. The molecule has 3 aromatic rings. The molecule has 5 N–H and O–H groups in total. The fourth-order valence-corrected chi connectivity index (χ4v) is 13.1. The number of aryl methyl sites for hydroxylation is 3. The molecule has 10 amide bonds. The fourth-order valence-electron chi connectivity index (χ4n) is 13.1. The number of hydrogen-bond acceptors (Lipinski definition) is 19. The Kier molecular flexibility index (Phi) is 21.7. The molecule has 29 heteroatoms. The number of nitrogens with one attached hydrogen (secondary N) is 5. The molecular formula is C66H90N12O17. The number of carbonyl (C=O) groups is 12. The number of esters is 2. The quantitative estimate of drug-likeness (QED) is 0.150. The molecule has 4 saturated heterocycles. The molecule has 10 atom stereocenters. The van der Waals surface area contributed by atoms with Crippen molar-refractivity contribution >= 4 is 93.5 Å². The number of ether oxygens (including phenoxy) is 3. The lowest BCUT2D eigenvalue weighted by Crippen LogP contribution is -2.61. The Bertz CT molecular complexity index is 3680. The van der Waals surface area contributed by atoms with E-state index < -0.39 is 180 Å². The number of benzene rings is 2. The summed E-state index contributed by atoms with van der Waals surface area (Å²) >= 11 is 0. The first-order chi connectivity index (χ1) is 44.6. The molecule has 95 heavy (non-hydrogen) atoms. The lowest BCUT2D eigenvalue weighted by Gasteiger charge is -2.36. The highest BCUT2D eigenvalue weighted by molar-refractivity contribution is 6.15. The predicted octanol–water partition coefficient (Wildman–Crippen LogP) is 2.45. The third kappa shape index (κ3) is 14.3. The van der Waals surface area contributed by atoms with Crippen LogP contribution in [0, 0.1) is 37.5 Å². The average molecular weight is 1320 g/mol. The summed E-state index contributed by atoms with van der Waals surface area (Å²) < 4.78 is 24.6. The fraction of sp³-hybridized carbons (Fsp3) is 0.606. The van der Waals surface area contributed by atoms with Crippen LogP contribution in [0.15, 0.2) is 21.3 Å². The second-order valence-corrected chi connectivity index (χ2v) is 26.8. The van der Waals surface area contributed by atoms with E-state index in [1.807, 2.05) is 0 Å². The molecule has 29 nitrogen and oxygen atoms in total. The van der Waals surface area contributed by atoms with E-state index >= 15 is 14.4 Å². The van der Waals surface area contributed by atoms with Gasteiger partial charge in [-0.15, -0.1) is 0 Å². The minimum atomic E-state index is -1.86. The number of nitrogens with zero attached hydrogens (tertiary/aromatic N) is 7. The Morgan fingerprint density at radius 2 is 1.06 bits per heavy atom. The summed E-state index contributed by atoms with van der Waals surface area (Å²) in [6.07, 6.45) is -1.62. The Morgan fingerprint density at radius 1 is 0.611 bits per heavy atom. The van der Waals surface area contributed by atoms with Gasteiger partial charge in [0.15, 0.2) is 17.1 Å². The molecule has 1 aromatic heterocycles. The van der Waals surface area contributed by atoms with Crippen LogP contribution in [0.25, 0.3) is 11.1 Å². The van der Waals surface area contributed by atoms with E-state index in [9.17, 15) is 47.9 Å². The summed E-state index contributed by atoms with van der Waals surface area (Å²) in [6.45, 7) is 20.4. The zero-order chi connectivity index (χ0) is 70.3. The molecular weight excluding hydrogens is 1230 g/mol. The van der Waals surface area contributed by atoms with Crippen LogP contribution >= 0.6 is 0 Å². The highest BCUT2D eigenvalue weighted by Crippen LogP contribution is 2.51. The van der Waals surface area contributed by atoms with E-state index in [4.69, 9.17) is 18.6 Å². The molecule has 5 aliphatic rings. The molecule has 0 radical (unpaired) electrons. The number of amides is 10. The van der Waals surface area contributed by atoms with Gasteiger partial charge in [-0.3, -0.25) is 47.9 Å². The van der Waals surface area contributed by atoms with E-state index in [-0.39, 0.29) is 83.1 Å². The lowest BCUT2D eigenvalue weighted by molar-refractivity contribution is -0.163. The molecule has 516 valence electrons.